The molecule has 3 saturated carbocycles. The molecule has 3 aliphatic carbocycles. The van der Waals surface area contributed by atoms with Crippen LogP contribution in [0.25, 0.3) is 22.3 Å². The molecule has 13 nitrogen and oxygen atoms in total. The number of carbonyl (C=O) groups excluding carboxylic acids is 4. The zero-order chi connectivity index (χ0) is 36.2. The Kier molecular flexibility index (Phi) is 7.70. The predicted molar refractivity (Wildman–Crippen MR) is 186 cm³/mol. The second kappa shape index (κ2) is 11.6. The lowest BCUT2D eigenvalue weighted by Crippen LogP contribution is -2.77. The number of carbonyl (C=O) groups is 4. The molecule has 268 valence electrons. The molecule has 0 unspecified atom stereocenters. The van der Waals surface area contributed by atoms with Crippen LogP contribution in [0.15, 0.2) is 23.0 Å². The number of pyridine rings is 2. The lowest BCUT2D eigenvalue weighted by atomic mass is 9.36. The van der Waals surface area contributed by atoms with Gasteiger partial charge in [0.1, 0.15) is 6.61 Å². The number of aromatic nitrogens is 2. The summed E-state index contributed by atoms with van der Waals surface area (Å²) in [5.41, 5.74) is 1.24. The van der Waals surface area contributed by atoms with E-state index in [2.05, 4.69) is 26.6 Å². The zero-order valence-electron chi connectivity index (χ0n) is 28.8. The average Bonchev–Trinajstić information content (AvgIpc) is 3.68. The lowest BCUT2D eigenvalue weighted by Gasteiger charge is -2.71. The van der Waals surface area contributed by atoms with Crippen LogP contribution in [0.5, 0.6) is 11.5 Å². The summed E-state index contributed by atoms with van der Waals surface area (Å²) in [6.07, 6.45) is 2.06. The van der Waals surface area contributed by atoms with E-state index in [1.807, 2.05) is 26.0 Å². The van der Waals surface area contributed by atoms with Gasteiger partial charge >= 0.3 is 5.97 Å². The second-order valence-electron chi connectivity index (χ2n) is 15.2. The van der Waals surface area contributed by atoms with Gasteiger partial charge in [-0.3, -0.25) is 19.2 Å². The average molecular weight is 764 g/mol. The van der Waals surface area contributed by atoms with E-state index in [9.17, 15) is 29.1 Å². The molecule has 3 atom stereocenters. The van der Waals surface area contributed by atoms with Gasteiger partial charge in [-0.1, -0.05) is 43.6 Å². The standard InChI is InChI=1S/C37H39BrN4O9/c1-5-37(48)22-8-24-31-20(11-42(24)33(46)21(22)12-49-34(37)47)29(19-7-26-27(51-16-50-26)9-23(19)39-31)35-13-36(14-35,15-35)41-32(45)18(4)6-25(43)30(17(2)3)40-28(44)10-38/h7-9,17-18,30,48H,5-6,10-16H2,1-4H3,(H,40,44)(H,41,45)/t18-,30+,35?,36?,37+/m1/s1. The van der Waals surface area contributed by atoms with E-state index in [-0.39, 0.29) is 83.7 Å². The SMILES string of the molecule is CC[C@@]1(O)C(=O)OCc2c1cc1n(c2=O)Cc2c-1nc1cc3c(cc1c2C12CC(NC(=O)[C@H](C)CC(=O)[C@@H](NC(=O)CBr)C(C)C)(C1)C2)OCO3. The van der Waals surface area contributed by atoms with Crippen molar-refractivity contribution in [2.75, 3.05) is 12.1 Å². The monoisotopic (exact) mass is 762 g/mol. The Labute approximate surface area is 301 Å². The van der Waals surface area contributed by atoms with E-state index in [1.165, 1.54) is 0 Å². The van der Waals surface area contributed by atoms with Gasteiger partial charge in [0.15, 0.2) is 22.9 Å². The van der Waals surface area contributed by atoms with Gasteiger partial charge in [-0.2, -0.15) is 0 Å². The summed E-state index contributed by atoms with van der Waals surface area (Å²) in [4.78, 5) is 70.3. The molecule has 9 rings (SSSR count). The molecule has 0 radical (unpaired) electrons. The number of ether oxygens (including phenoxy) is 3. The Morgan fingerprint density at radius 2 is 1.75 bits per heavy atom. The highest BCUT2D eigenvalue weighted by molar-refractivity contribution is 9.09. The van der Waals surface area contributed by atoms with Gasteiger partial charge in [-0.15, -0.1) is 0 Å². The fourth-order valence-corrected chi connectivity index (χ4v) is 9.16. The number of rotatable bonds is 10. The highest BCUT2D eigenvalue weighted by Gasteiger charge is 2.70. The molecule has 3 fully saturated rings. The maximum atomic E-state index is 14.0. The van der Waals surface area contributed by atoms with Crippen molar-refractivity contribution in [3.05, 3.63) is 50.8 Å². The van der Waals surface area contributed by atoms with Crippen molar-refractivity contribution in [1.29, 1.82) is 0 Å². The van der Waals surface area contributed by atoms with Gasteiger partial charge < -0.3 is 34.5 Å². The number of benzene rings is 1. The van der Waals surface area contributed by atoms with Crippen molar-refractivity contribution >= 4 is 50.4 Å². The first-order valence-electron chi connectivity index (χ1n) is 17.4. The van der Waals surface area contributed by atoms with Crippen molar-refractivity contribution in [2.45, 2.75) is 95.5 Å². The zero-order valence-corrected chi connectivity index (χ0v) is 30.4. The highest BCUT2D eigenvalue weighted by atomic mass is 79.9. The van der Waals surface area contributed by atoms with E-state index in [1.54, 1.807) is 24.5 Å². The quantitative estimate of drug-likeness (QED) is 0.161. The van der Waals surface area contributed by atoms with Crippen LogP contribution < -0.4 is 25.7 Å². The third-order valence-corrected chi connectivity index (χ3v) is 12.0. The molecular formula is C37H39BrN4O9. The minimum absolute atomic E-state index is 0.00886. The number of nitrogens with one attached hydrogen (secondary N) is 2. The predicted octanol–water partition coefficient (Wildman–Crippen LogP) is 3.23. The summed E-state index contributed by atoms with van der Waals surface area (Å²) >= 11 is 3.12. The van der Waals surface area contributed by atoms with Crippen LogP contribution in [0.2, 0.25) is 0 Å². The van der Waals surface area contributed by atoms with E-state index >= 15 is 0 Å². The number of amides is 2. The molecule has 3 aliphatic heterocycles. The maximum absolute atomic E-state index is 14.0. The summed E-state index contributed by atoms with van der Waals surface area (Å²) < 4.78 is 18.3. The van der Waals surface area contributed by atoms with Crippen LogP contribution >= 0.6 is 15.9 Å². The normalized spacial score (nSPS) is 25.9. The van der Waals surface area contributed by atoms with E-state index in [0.29, 0.717) is 47.7 Å². The topological polar surface area (TPSA) is 175 Å². The van der Waals surface area contributed by atoms with E-state index in [0.717, 1.165) is 16.5 Å². The summed E-state index contributed by atoms with van der Waals surface area (Å²) in [6.45, 7) is 7.26. The first-order valence-corrected chi connectivity index (χ1v) is 18.5. The molecule has 3 aromatic rings. The fraction of sp³-hybridized carbons (Fsp3) is 0.514. The van der Waals surface area contributed by atoms with E-state index < -0.39 is 29.1 Å². The molecule has 51 heavy (non-hydrogen) atoms. The number of aliphatic hydroxyl groups is 1. The van der Waals surface area contributed by atoms with E-state index in [4.69, 9.17) is 19.2 Å². The van der Waals surface area contributed by atoms with Crippen LogP contribution in [0, 0.1) is 11.8 Å². The number of Topliss-reactive ketones (excluding diaryl/α,β-unsaturated/α-hetero) is 1. The number of halogens is 1. The molecule has 0 saturated heterocycles. The molecule has 2 aromatic heterocycles. The lowest BCUT2D eigenvalue weighted by molar-refractivity contribution is -0.172. The van der Waals surface area contributed by atoms with Crippen LogP contribution in [-0.4, -0.2) is 61.9 Å². The highest BCUT2D eigenvalue weighted by Crippen LogP contribution is 2.70. The van der Waals surface area contributed by atoms with Crippen molar-refractivity contribution in [2.24, 2.45) is 11.8 Å². The van der Waals surface area contributed by atoms with Gasteiger partial charge in [0, 0.05) is 45.9 Å². The fourth-order valence-electron chi connectivity index (χ4n) is 9.00. The summed E-state index contributed by atoms with van der Waals surface area (Å²) in [6, 6.07) is 4.82. The van der Waals surface area contributed by atoms with Gasteiger partial charge in [-0.05, 0) is 49.3 Å². The third-order valence-electron chi connectivity index (χ3n) is 11.5. The third kappa shape index (κ3) is 4.96. The molecule has 5 heterocycles. The number of esters is 1. The molecule has 1 aromatic carbocycles. The van der Waals surface area contributed by atoms with Gasteiger partial charge in [0.25, 0.3) is 5.56 Å². The van der Waals surface area contributed by atoms with Crippen LogP contribution in [0.3, 0.4) is 0 Å². The van der Waals surface area contributed by atoms with Crippen molar-refractivity contribution < 1.29 is 38.5 Å². The Bertz CT molecular complexity index is 2120. The first-order chi connectivity index (χ1) is 24.2. The summed E-state index contributed by atoms with van der Waals surface area (Å²) in [5.74, 6) is -0.969. The smallest absolute Gasteiger partial charge is 0.343 e. The van der Waals surface area contributed by atoms with Gasteiger partial charge in [-0.25, -0.2) is 9.78 Å². The Hall–Kier alpha value is -4.30. The molecule has 2 bridgehead atoms. The second-order valence-corrected chi connectivity index (χ2v) is 15.8. The number of nitrogens with zero attached hydrogens (tertiary/aromatic N) is 2. The molecule has 0 spiro atoms. The number of hydrogen-bond acceptors (Lipinski definition) is 10. The molecular weight excluding hydrogens is 724 g/mol. The Morgan fingerprint density at radius 1 is 1.04 bits per heavy atom. The summed E-state index contributed by atoms with van der Waals surface area (Å²) in [5, 5.41) is 18.3. The Balaban J connectivity index is 1.11. The van der Waals surface area contributed by atoms with Crippen LogP contribution in [0.4, 0.5) is 0 Å². The number of cyclic esters (lactones) is 1. The van der Waals surface area contributed by atoms with Crippen molar-refractivity contribution in [3.8, 4) is 22.9 Å². The minimum atomic E-state index is -1.94. The Morgan fingerprint density at radius 3 is 2.41 bits per heavy atom. The maximum Gasteiger partial charge on any atom is 0.343 e. The molecule has 3 N–H and O–H groups in total. The molecule has 14 heteroatoms. The van der Waals surface area contributed by atoms with Crippen LogP contribution in [-0.2, 0) is 48.1 Å². The minimum Gasteiger partial charge on any atom is -0.458 e. The molecule has 6 aliphatic rings. The van der Waals surface area contributed by atoms with Crippen molar-refractivity contribution in [3.63, 3.8) is 0 Å². The van der Waals surface area contributed by atoms with Gasteiger partial charge in [0.2, 0.25) is 18.6 Å². The van der Waals surface area contributed by atoms with Gasteiger partial charge in [0.05, 0.1) is 40.4 Å². The first kappa shape index (κ1) is 33.8. The van der Waals surface area contributed by atoms with Crippen LogP contribution in [0.1, 0.15) is 82.1 Å². The summed E-state index contributed by atoms with van der Waals surface area (Å²) in [7, 11) is 0. The largest absolute Gasteiger partial charge is 0.458 e. The number of ketones is 1. The van der Waals surface area contributed by atoms with Crippen molar-refractivity contribution in [1.82, 2.24) is 20.2 Å². The number of fused-ring (bicyclic) bond motifs is 6. The molecule has 2 amide bonds. The number of alkyl halides is 1. The number of hydrogen-bond donors (Lipinski definition) is 3.